The first kappa shape index (κ1) is 32.8. The van der Waals surface area contributed by atoms with E-state index < -0.39 is 22.5 Å². The van der Waals surface area contributed by atoms with Crippen LogP contribution in [-0.2, 0) is 15.8 Å². The van der Waals surface area contributed by atoms with Crippen molar-refractivity contribution in [1.82, 2.24) is 0 Å². The minimum Gasteiger partial charge on any atom is -0.497 e. The van der Waals surface area contributed by atoms with E-state index in [4.69, 9.17) is 13.9 Å². The molecule has 0 radical (unpaired) electrons. The van der Waals surface area contributed by atoms with Crippen LogP contribution in [0, 0.1) is 28.7 Å². The highest BCUT2D eigenvalue weighted by molar-refractivity contribution is 6.83. The summed E-state index contributed by atoms with van der Waals surface area (Å²) in [5.74, 6) is 4.39. The van der Waals surface area contributed by atoms with E-state index in [0.29, 0.717) is 13.0 Å². The van der Waals surface area contributed by atoms with Crippen LogP contribution in [0.4, 0.5) is 0 Å². The van der Waals surface area contributed by atoms with Crippen molar-refractivity contribution < 1.29 is 19.0 Å². The third-order valence-electron chi connectivity index (χ3n) is 7.99. The Morgan fingerprint density at radius 2 is 1.61 bits per heavy atom. The van der Waals surface area contributed by atoms with Gasteiger partial charge in [0.2, 0.25) is 0 Å². The number of rotatable bonds is 11. The van der Waals surface area contributed by atoms with Crippen LogP contribution >= 0.6 is 0 Å². The Morgan fingerprint density at radius 3 is 2.13 bits per heavy atom. The molecule has 0 aliphatic heterocycles. The summed E-state index contributed by atoms with van der Waals surface area (Å²) in [4.78, 5) is 0. The number of aliphatic hydroxyl groups is 1. The summed E-state index contributed by atoms with van der Waals surface area (Å²) in [5.41, 5.74) is 5.76. The van der Waals surface area contributed by atoms with Crippen molar-refractivity contribution in [2.75, 3.05) is 13.7 Å². The zero-order valence-corrected chi connectivity index (χ0v) is 28.2. The molecule has 1 aromatic rings. The van der Waals surface area contributed by atoms with Gasteiger partial charge in [-0.2, -0.15) is 0 Å². The van der Waals surface area contributed by atoms with E-state index in [-0.39, 0.29) is 28.4 Å². The maximum absolute atomic E-state index is 10.9. The van der Waals surface area contributed by atoms with Gasteiger partial charge in [-0.05, 0) is 61.0 Å². The first-order chi connectivity index (χ1) is 17.3. The van der Waals surface area contributed by atoms with Gasteiger partial charge >= 0.3 is 0 Å². The first-order valence-corrected chi connectivity index (χ1v) is 20.5. The van der Waals surface area contributed by atoms with Crippen LogP contribution in [0.1, 0.15) is 59.9 Å². The third-order valence-corrected chi connectivity index (χ3v) is 13.4. The molecule has 0 saturated heterocycles. The Kier molecular flexibility index (Phi) is 11.1. The van der Waals surface area contributed by atoms with Crippen LogP contribution in [0.25, 0.3) is 0 Å². The predicted octanol–water partition coefficient (Wildman–Crippen LogP) is 7.84. The lowest BCUT2D eigenvalue weighted by atomic mass is 9.80. The zero-order chi connectivity index (χ0) is 28.9. The molecule has 0 bridgehead atoms. The largest absolute Gasteiger partial charge is 0.497 e. The van der Waals surface area contributed by atoms with Gasteiger partial charge in [-0.15, -0.1) is 5.54 Å². The monoisotopic (exact) mass is 558 g/mol. The highest BCUT2D eigenvalue weighted by Gasteiger charge is 2.42. The van der Waals surface area contributed by atoms with Gasteiger partial charge in [0.1, 0.15) is 19.9 Å². The minimum absolute atomic E-state index is 0.00381. The SMILES string of the molecule is COc1ccc(CO[C@H]2[C@@H](CC(C)(C)CO[Si](C)(C)C(C)(C)C)C=C(C)[C@@H]2CC(O)C#C[Si](C)(C)C)cc1. The van der Waals surface area contributed by atoms with Crippen molar-refractivity contribution in [2.45, 2.75) is 111 Å². The molecule has 0 heterocycles. The van der Waals surface area contributed by atoms with Crippen molar-refractivity contribution in [3.05, 3.63) is 41.5 Å². The third kappa shape index (κ3) is 9.99. The van der Waals surface area contributed by atoms with E-state index in [1.54, 1.807) is 7.11 Å². The van der Waals surface area contributed by atoms with Crippen molar-refractivity contribution in [3.8, 4) is 17.2 Å². The fourth-order valence-corrected chi connectivity index (χ4v) is 6.44. The van der Waals surface area contributed by atoms with E-state index in [9.17, 15) is 5.11 Å². The molecule has 1 aliphatic rings. The van der Waals surface area contributed by atoms with E-state index in [1.165, 1.54) is 5.57 Å². The van der Waals surface area contributed by atoms with Gasteiger partial charge in [0, 0.05) is 18.4 Å². The lowest BCUT2D eigenvalue weighted by Crippen LogP contribution is -2.43. The molecule has 0 saturated carbocycles. The summed E-state index contributed by atoms with van der Waals surface area (Å²) >= 11 is 0. The van der Waals surface area contributed by atoms with Crippen molar-refractivity contribution >= 4 is 16.4 Å². The molecule has 4 nitrogen and oxygen atoms in total. The van der Waals surface area contributed by atoms with Crippen LogP contribution < -0.4 is 4.74 Å². The molecular weight excluding hydrogens is 505 g/mol. The number of hydrogen-bond donors (Lipinski definition) is 1. The van der Waals surface area contributed by atoms with Gasteiger partial charge < -0.3 is 19.0 Å². The molecular formula is C32H54O4Si2. The highest BCUT2D eigenvalue weighted by atomic mass is 28.4. The predicted molar refractivity (Wildman–Crippen MR) is 166 cm³/mol. The molecule has 0 spiro atoms. The Balaban J connectivity index is 2.21. The second kappa shape index (κ2) is 12.9. The normalized spacial score (nSPS) is 21.5. The van der Waals surface area contributed by atoms with Crippen LogP contribution in [0.5, 0.6) is 5.75 Å². The van der Waals surface area contributed by atoms with E-state index in [1.807, 2.05) is 12.1 Å². The Labute approximate surface area is 235 Å². The molecule has 6 heteroatoms. The topological polar surface area (TPSA) is 47.9 Å². The van der Waals surface area contributed by atoms with Crippen LogP contribution in [0.2, 0.25) is 37.8 Å². The summed E-state index contributed by atoms with van der Waals surface area (Å²) in [6.07, 6.45) is 3.31. The van der Waals surface area contributed by atoms with Crippen molar-refractivity contribution in [1.29, 1.82) is 0 Å². The lowest BCUT2D eigenvalue weighted by molar-refractivity contribution is -0.0268. The summed E-state index contributed by atoms with van der Waals surface area (Å²) in [6, 6.07) is 8.07. The molecule has 0 aromatic heterocycles. The molecule has 1 aromatic carbocycles. The molecule has 38 heavy (non-hydrogen) atoms. The van der Waals surface area contributed by atoms with Gasteiger partial charge in [-0.25, -0.2) is 0 Å². The fourth-order valence-electron chi connectivity index (χ4n) is 4.65. The van der Waals surface area contributed by atoms with Gasteiger partial charge in [0.15, 0.2) is 8.32 Å². The summed E-state index contributed by atoms with van der Waals surface area (Å²) in [7, 11) is -1.70. The average molecular weight is 559 g/mol. The molecule has 0 fully saturated rings. The molecule has 4 atom stereocenters. The Hall–Kier alpha value is -1.37. The number of methoxy groups -OCH3 is 1. The zero-order valence-electron chi connectivity index (χ0n) is 26.2. The van der Waals surface area contributed by atoms with Crippen LogP contribution in [-0.4, -0.2) is 47.4 Å². The van der Waals surface area contributed by atoms with Crippen molar-refractivity contribution in [2.24, 2.45) is 17.3 Å². The van der Waals surface area contributed by atoms with Crippen LogP contribution in [0.3, 0.4) is 0 Å². The maximum Gasteiger partial charge on any atom is 0.192 e. The van der Waals surface area contributed by atoms with Crippen LogP contribution in [0.15, 0.2) is 35.9 Å². The van der Waals surface area contributed by atoms with E-state index in [2.05, 4.69) is 104 Å². The number of hydrogen-bond acceptors (Lipinski definition) is 4. The van der Waals surface area contributed by atoms with Gasteiger partial charge in [0.05, 0.1) is 19.8 Å². The molecule has 0 amide bonds. The van der Waals surface area contributed by atoms with Crippen molar-refractivity contribution in [3.63, 3.8) is 0 Å². The second-order valence-corrected chi connectivity index (χ2v) is 24.1. The second-order valence-electron chi connectivity index (χ2n) is 14.5. The number of ether oxygens (including phenoxy) is 2. The Bertz CT molecular complexity index is 988. The quantitative estimate of drug-likeness (QED) is 0.171. The summed E-state index contributed by atoms with van der Waals surface area (Å²) in [5, 5.41) is 11.0. The molecule has 2 rings (SSSR count). The number of aliphatic hydroxyl groups excluding tert-OH is 1. The van der Waals surface area contributed by atoms with Gasteiger partial charge in [-0.3, -0.25) is 0 Å². The van der Waals surface area contributed by atoms with E-state index >= 15 is 0 Å². The average Bonchev–Trinajstić information content (AvgIpc) is 3.07. The van der Waals surface area contributed by atoms with Gasteiger partial charge in [-0.1, -0.05) is 84.0 Å². The highest BCUT2D eigenvalue weighted by Crippen LogP contribution is 2.43. The Morgan fingerprint density at radius 1 is 1.00 bits per heavy atom. The summed E-state index contributed by atoms with van der Waals surface area (Å²) < 4.78 is 18.6. The minimum atomic E-state index is -1.83. The van der Waals surface area contributed by atoms with E-state index in [0.717, 1.165) is 24.3 Å². The fraction of sp³-hybridized carbons (Fsp3) is 0.688. The maximum atomic E-state index is 10.9. The molecule has 1 N–H and O–H groups in total. The molecule has 214 valence electrons. The smallest absolute Gasteiger partial charge is 0.192 e. The first-order valence-electron chi connectivity index (χ1n) is 14.1. The van der Waals surface area contributed by atoms with Gasteiger partial charge in [0.25, 0.3) is 0 Å². The molecule has 1 aliphatic carbocycles. The standard InChI is InChI=1S/C32H54O4Si2/c1-24-19-26(21-32(5,6)23-36-38(11,12)31(2,3)4)30(29(24)20-27(33)17-18-37(8,9)10)35-22-25-13-15-28(34-7)16-14-25/h13-16,19,26-27,29-30,33H,20-23H2,1-12H3/t26-,27?,29+,30+/m1/s1. The lowest BCUT2D eigenvalue weighted by Gasteiger charge is -2.40. The molecule has 1 unspecified atom stereocenters. The number of benzene rings is 1. The summed E-state index contributed by atoms with van der Waals surface area (Å²) in [6.45, 7) is 26.2.